The lowest BCUT2D eigenvalue weighted by Gasteiger charge is -2.16. The van der Waals surface area contributed by atoms with Crippen LogP contribution in [0.5, 0.6) is 0 Å². The summed E-state index contributed by atoms with van der Waals surface area (Å²) in [6.45, 7) is 3.19. The Morgan fingerprint density at radius 3 is 2.17 bits per heavy atom. The molecule has 0 aromatic heterocycles. The first-order valence-electron chi connectivity index (χ1n) is 8.24. The van der Waals surface area contributed by atoms with Gasteiger partial charge < -0.3 is 14.8 Å². The van der Waals surface area contributed by atoms with Gasteiger partial charge in [0.1, 0.15) is 0 Å². The molecule has 0 saturated carbocycles. The third-order valence-corrected chi connectivity index (χ3v) is 3.83. The molecule has 0 aliphatic rings. The second kappa shape index (κ2) is 9.85. The summed E-state index contributed by atoms with van der Waals surface area (Å²) in [5.41, 5.74) is 2.01. The van der Waals surface area contributed by atoms with Gasteiger partial charge >= 0.3 is 0 Å². The quantitative estimate of drug-likeness (QED) is 0.715. The number of nitrogens with one attached hydrogen (secondary N) is 1. The maximum Gasteiger partial charge on any atom is 0.253 e. The molecular weight excluding hydrogens is 302 g/mol. The summed E-state index contributed by atoms with van der Waals surface area (Å²) in [5, 5.41) is 2.90. The van der Waals surface area contributed by atoms with E-state index in [4.69, 9.17) is 9.47 Å². The van der Waals surface area contributed by atoms with Crippen LogP contribution in [0.15, 0.2) is 60.7 Å². The Balaban J connectivity index is 1.69. The molecule has 1 amide bonds. The number of amides is 1. The minimum atomic E-state index is -0.574. The summed E-state index contributed by atoms with van der Waals surface area (Å²) in [6.07, 6.45) is 0.238. The number of ether oxygens (including phenoxy) is 2. The first-order chi connectivity index (χ1) is 11.7. The Bertz CT molecular complexity index is 601. The van der Waals surface area contributed by atoms with Gasteiger partial charge in [0.15, 0.2) is 6.10 Å². The molecule has 4 heteroatoms. The van der Waals surface area contributed by atoms with Gasteiger partial charge in [-0.05, 0) is 24.5 Å². The lowest BCUT2D eigenvalue weighted by molar-refractivity contribution is -0.131. The largest absolute Gasteiger partial charge is 0.374 e. The SMILES string of the molecule is COC(C(=O)NCCCOC(C)c1ccccc1)c1ccccc1. The lowest BCUT2D eigenvalue weighted by atomic mass is 10.1. The van der Waals surface area contributed by atoms with Gasteiger partial charge in [0, 0.05) is 20.3 Å². The van der Waals surface area contributed by atoms with E-state index >= 15 is 0 Å². The average molecular weight is 327 g/mol. The monoisotopic (exact) mass is 327 g/mol. The van der Waals surface area contributed by atoms with E-state index in [-0.39, 0.29) is 12.0 Å². The minimum Gasteiger partial charge on any atom is -0.374 e. The summed E-state index contributed by atoms with van der Waals surface area (Å²) in [6, 6.07) is 19.6. The van der Waals surface area contributed by atoms with Gasteiger partial charge in [-0.3, -0.25) is 4.79 Å². The fourth-order valence-electron chi connectivity index (χ4n) is 2.48. The van der Waals surface area contributed by atoms with E-state index in [0.717, 1.165) is 17.5 Å². The van der Waals surface area contributed by atoms with Crippen LogP contribution < -0.4 is 5.32 Å². The second-order valence-electron chi connectivity index (χ2n) is 5.59. The van der Waals surface area contributed by atoms with Crippen LogP contribution >= 0.6 is 0 Å². The van der Waals surface area contributed by atoms with Crippen molar-refractivity contribution in [3.05, 3.63) is 71.8 Å². The van der Waals surface area contributed by atoms with Crippen molar-refractivity contribution in [2.24, 2.45) is 0 Å². The highest BCUT2D eigenvalue weighted by atomic mass is 16.5. The predicted molar refractivity (Wildman–Crippen MR) is 94.6 cm³/mol. The first kappa shape index (κ1) is 18.2. The van der Waals surface area contributed by atoms with Crippen LogP contribution in [-0.2, 0) is 14.3 Å². The highest BCUT2D eigenvalue weighted by Gasteiger charge is 2.18. The molecule has 0 aliphatic heterocycles. The summed E-state index contributed by atoms with van der Waals surface area (Å²) >= 11 is 0. The zero-order valence-electron chi connectivity index (χ0n) is 14.3. The molecule has 0 radical (unpaired) electrons. The van der Waals surface area contributed by atoms with Crippen LogP contribution in [0.4, 0.5) is 0 Å². The van der Waals surface area contributed by atoms with Gasteiger partial charge in [-0.2, -0.15) is 0 Å². The van der Waals surface area contributed by atoms with Crippen LogP contribution in [0, 0.1) is 0 Å². The third-order valence-electron chi connectivity index (χ3n) is 3.83. The number of rotatable bonds is 9. The molecule has 2 atom stereocenters. The van der Waals surface area contributed by atoms with E-state index in [1.807, 2.05) is 55.5 Å². The van der Waals surface area contributed by atoms with Crippen LogP contribution in [0.3, 0.4) is 0 Å². The van der Waals surface area contributed by atoms with E-state index in [0.29, 0.717) is 13.2 Å². The number of hydrogen-bond acceptors (Lipinski definition) is 3. The van der Waals surface area contributed by atoms with E-state index in [1.54, 1.807) is 7.11 Å². The molecule has 1 N–H and O–H groups in total. The van der Waals surface area contributed by atoms with Crippen LogP contribution in [0.1, 0.15) is 36.7 Å². The molecular formula is C20H25NO3. The van der Waals surface area contributed by atoms with Gasteiger partial charge in [0.2, 0.25) is 0 Å². The maximum absolute atomic E-state index is 12.2. The first-order valence-corrected chi connectivity index (χ1v) is 8.24. The number of benzene rings is 2. The number of methoxy groups -OCH3 is 1. The van der Waals surface area contributed by atoms with Crippen molar-refractivity contribution in [1.29, 1.82) is 0 Å². The Morgan fingerprint density at radius 1 is 1.00 bits per heavy atom. The summed E-state index contributed by atoms with van der Waals surface area (Å²) in [4.78, 5) is 12.2. The van der Waals surface area contributed by atoms with Crippen molar-refractivity contribution < 1.29 is 14.3 Å². The highest BCUT2D eigenvalue weighted by molar-refractivity contribution is 5.82. The Labute approximate surface area is 143 Å². The topological polar surface area (TPSA) is 47.6 Å². The zero-order valence-corrected chi connectivity index (χ0v) is 14.3. The molecule has 0 aliphatic carbocycles. The molecule has 0 fully saturated rings. The molecule has 0 spiro atoms. The molecule has 0 saturated heterocycles. The van der Waals surface area contributed by atoms with E-state index in [1.165, 1.54) is 0 Å². The molecule has 2 unspecified atom stereocenters. The van der Waals surface area contributed by atoms with Crippen LogP contribution in [0.2, 0.25) is 0 Å². The van der Waals surface area contributed by atoms with Crippen molar-refractivity contribution in [3.63, 3.8) is 0 Å². The lowest BCUT2D eigenvalue weighted by Crippen LogP contribution is -2.31. The van der Waals surface area contributed by atoms with Gasteiger partial charge in [-0.1, -0.05) is 60.7 Å². The standard InChI is InChI=1S/C20H25NO3/c1-16(17-10-5-3-6-11-17)24-15-9-14-21-20(22)19(23-2)18-12-7-4-8-13-18/h3-8,10-13,16,19H,9,14-15H2,1-2H3,(H,21,22). The van der Waals surface area contributed by atoms with Crippen molar-refractivity contribution >= 4 is 5.91 Å². The van der Waals surface area contributed by atoms with Gasteiger partial charge in [-0.15, -0.1) is 0 Å². The minimum absolute atomic E-state index is 0.0537. The Hall–Kier alpha value is -2.17. The number of carbonyl (C=O) groups is 1. The van der Waals surface area contributed by atoms with Gasteiger partial charge in [0.25, 0.3) is 5.91 Å². The van der Waals surface area contributed by atoms with E-state index < -0.39 is 6.10 Å². The normalized spacial score (nSPS) is 13.2. The molecule has 4 nitrogen and oxygen atoms in total. The predicted octanol–water partition coefficient (Wildman–Crippen LogP) is 3.66. The summed E-state index contributed by atoms with van der Waals surface area (Å²) < 4.78 is 11.1. The van der Waals surface area contributed by atoms with Crippen molar-refractivity contribution in [3.8, 4) is 0 Å². The molecule has 2 aromatic rings. The van der Waals surface area contributed by atoms with Gasteiger partial charge in [-0.25, -0.2) is 0 Å². The van der Waals surface area contributed by atoms with Crippen LogP contribution in [-0.4, -0.2) is 26.2 Å². The molecule has 128 valence electrons. The molecule has 24 heavy (non-hydrogen) atoms. The summed E-state index contributed by atoms with van der Waals surface area (Å²) in [7, 11) is 1.54. The van der Waals surface area contributed by atoms with Crippen molar-refractivity contribution in [2.75, 3.05) is 20.3 Å². The van der Waals surface area contributed by atoms with Crippen molar-refractivity contribution in [1.82, 2.24) is 5.32 Å². The Kier molecular flexibility index (Phi) is 7.46. The Morgan fingerprint density at radius 2 is 1.58 bits per heavy atom. The summed E-state index contributed by atoms with van der Waals surface area (Å²) in [5.74, 6) is -0.125. The fraction of sp³-hybridized carbons (Fsp3) is 0.350. The van der Waals surface area contributed by atoms with E-state index in [2.05, 4.69) is 17.4 Å². The molecule has 2 aromatic carbocycles. The zero-order chi connectivity index (χ0) is 17.2. The molecule has 0 heterocycles. The number of carbonyl (C=O) groups excluding carboxylic acids is 1. The average Bonchev–Trinajstić information content (AvgIpc) is 2.63. The van der Waals surface area contributed by atoms with E-state index in [9.17, 15) is 4.79 Å². The second-order valence-corrected chi connectivity index (χ2v) is 5.59. The van der Waals surface area contributed by atoms with Crippen molar-refractivity contribution in [2.45, 2.75) is 25.6 Å². The fourth-order valence-corrected chi connectivity index (χ4v) is 2.48. The van der Waals surface area contributed by atoms with Gasteiger partial charge in [0.05, 0.1) is 6.10 Å². The molecule has 2 rings (SSSR count). The highest BCUT2D eigenvalue weighted by Crippen LogP contribution is 2.17. The maximum atomic E-state index is 12.2. The van der Waals surface area contributed by atoms with Crippen LogP contribution in [0.25, 0.3) is 0 Å². The smallest absolute Gasteiger partial charge is 0.253 e. The molecule has 0 bridgehead atoms. The number of hydrogen-bond donors (Lipinski definition) is 1. The third kappa shape index (κ3) is 5.48.